The van der Waals surface area contributed by atoms with Crippen LogP contribution in [0.5, 0.6) is 11.6 Å². The molecule has 8 heteroatoms. The van der Waals surface area contributed by atoms with Gasteiger partial charge in [0.05, 0.1) is 48.3 Å². The Bertz CT molecular complexity index is 1150. The van der Waals surface area contributed by atoms with E-state index >= 15 is 0 Å². The Morgan fingerprint density at radius 2 is 2.04 bits per heavy atom. The third kappa shape index (κ3) is 3.17. The number of alkyl halides is 1. The van der Waals surface area contributed by atoms with Gasteiger partial charge in [0.2, 0.25) is 5.88 Å². The van der Waals surface area contributed by atoms with Crippen molar-refractivity contribution in [1.82, 2.24) is 24.3 Å². The molecule has 0 aliphatic rings. The van der Waals surface area contributed by atoms with Crippen molar-refractivity contribution in [3.05, 3.63) is 48.7 Å². The third-order valence-electron chi connectivity index (χ3n) is 4.53. The Morgan fingerprint density at radius 1 is 1.21 bits per heavy atom. The van der Waals surface area contributed by atoms with Crippen molar-refractivity contribution in [2.24, 2.45) is 0 Å². The van der Waals surface area contributed by atoms with Crippen LogP contribution in [0.1, 0.15) is 12.5 Å². The molecule has 0 unspecified atom stereocenters. The number of fused-ring (bicyclic) bond motifs is 1. The highest BCUT2D eigenvalue weighted by Crippen LogP contribution is 2.34. The van der Waals surface area contributed by atoms with E-state index < -0.39 is 6.17 Å². The first-order valence-electron chi connectivity index (χ1n) is 8.84. The summed E-state index contributed by atoms with van der Waals surface area (Å²) in [6, 6.07) is 3.76. The van der Waals surface area contributed by atoms with Crippen molar-refractivity contribution in [2.75, 3.05) is 7.11 Å². The average Bonchev–Trinajstić information content (AvgIpc) is 3.25. The number of methoxy groups -OCH3 is 1. The standard InChI is InChI=1S/C20H20FN5O2/c1-12-4-17(14-5-16(28-3)8-22-6-14)24-18-11-26(20(27)19(12)18)15-7-23-25(10-15)9-13(2)21/h4-8,10-11,13,27H,9H2,1-3H3/t13-/m1/s1. The number of aromatic hydroxyl groups is 1. The van der Waals surface area contributed by atoms with E-state index in [1.807, 2.05) is 19.1 Å². The Hall–Kier alpha value is -3.42. The maximum Gasteiger partial charge on any atom is 0.205 e. The fourth-order valence-corrected chi connectivity index (χ4v) is 3.24. The molecule has 0 fully saturated rings. The molecule has 0 aliphatic carbocycles. The van der Waals surface area contributed by atoms with Gasteiger partial charge in [-0.2, -0.15) is 5.10 Å². The number of rotatable bonds is 5. The summed E-state index contributed by atoms with van der Waals surface area (Å²) in [5.74, 6) is 0.718. The van der Waals surface area contributed by atoms with Gasteiger partial charge in [0.25, 0.3) is 0 Å². The number of aromatic nitrogens is 5. The van der Waals surface area contributed by atoms with Crippen LogP contribution in [0.2, 0.25) is 0 Å². The number of aryl methyl sites for hydroxylation is 1. The zero-order valence-electron chi connectivity index (χ0n) is 15.8. The van der Waals surface area contributed by atoms with E-state index in [9.17, 15) is 9.50 Å². The van der Waals surface area contributed by atoms with Gasteiger partial charge < -0.3 is 9.84 Å². The number of ether oxygens (including phenoxy) is 1. The summed E-state index contributed by atoms with van der Waals surface area (Å²) in [5.41, 5.74) is 3.71. The number of hydrogen-bond donors (Lipinski definition) is 1. The minimum atomic E-state index is -1.01. The fourth-order valence-electron chi connectivity index (χ4n) is 3.24. The van der Waals surface area contributed by atoms with E-state index in [0.29, 0.717) is 22.3 Å². The molecule has 144 valence electrons. The maximum absolute atomic E-state index is 13.2. The van der Waals surface area contributed by atoms with Crippen LogP contribution >= 0.6 is 0 Å². The van der Waals surface area contributed by atoms with Gasteiger partial charge in [-0.25, -0.2) is 9.37 Å². The molecule has 1 atom stereocenters. The summed E-state index contributed by atoms with van der Waals surface area (Å²) in [6.07, 6.45) is 7.37. The molecule has 0 bridgehead atoms. The molecule has 0 spiro atoms. The van der Waals surface area contributed by atoms with Crippen LogP contribution in [0.3, 0.4) is 0 Å². The second-order valence-electron chi connectivity index (χ2n) is 6.72. The first-order chi connectivity index (χ1) is 13.5. The van der Waals surface area contributed by atoms with Crippen LogP contribution in [0.4, 0.5) is 4.39 Å². The first-order valence-corrected chi connectivity index (χ1v) is 8.84. The van der Waals surface area contributed by atoms with E-state index in [1.165, 1.54) is 11.6 Å². The van der Waals surface area contributed by atoms with E-state index in [1.54, 1.807) is 42.7 Å². The monoisotopic (exact) mass is 381 g/mol. The smallest absolute Gasteiger partial charge is 0.205 e. The van der Waals surface area contributed by atoms with Crippen LogP contribution in [0.15, 0.2) is 43.1 Å². The summed E-state index contributed by atoms with van der Waals surface area (Å²) in [6.45, 7) is 3.55. The van der Waals surface area contributed by atoms with Gasteiger partial charge in [0.1, 0.15) is 11.9 Å². The van der Waals surface area contributed by atoms with Crippen molar-refractivity contribution in [1.29, 1.82) is 0 Å². The van der Waals surface area contributed by atoms with Crippen LogP contribution in [0.25, 0.3) is 27.8 Å². The predicted molar refractivity (Wildman–Crippen MR) is 104 cm³/mol. The third-order valence-corrected chi connectivity index (χ3v) is 4.53. The van der Waals surface area contributed by atoms with E-state index in [2.05, 4.69) is 15.1 Å². The molecular weight excluding hydrogens is 361 g/mol. The van der Waals surface area contributed by atoms with Crippen LogP contribution in [0, 0.1) is 6.92 Å². The molecule has 0 saturated carbocycles. The molecule has 7 nitrogen and oxygen atoms in total. The first kappa shape index (κ1) is 18.0. The van der Waals surface area contributed by atoms with Crippen LogP contribution < -0.4 is 4.74 Å². The van der Waals surface area contributed by atoms with Gasteiger partial charge in [-0.15, -0.1) is 0 Å². The van der Waals surface area contributed by atoms with Gasteiger partial charge in [-0.3, -0.25) is 14.2 Å². The van der Waals surface area contributed by atoms with Crippen molar-refractivity contribution < 1.29 is 14.2 Å². The van der Waals surface area contributed by atoms with E-state index in [4.69, 9.17) is 4.74 Å². The Labute approximate surface area is 161 Å². The number of pyridine rings is 2. The highest BCUT2D eigenvalue weighted by atomic mass is 19.1. The molecule has 0 radical (unpaired) electrons. The Morgan fingerprint density at radius 3 is 2.79 bits per heavy atom. The number of hydrogen-bond acceptors (Lipinski definition) is 5. The zero-order valence-corrected chi connectivity index (χ0v) is 15.8. The molecule has 0 amide bonds. The Balaban J connectivity index is 1.80. The molecule has 4 rings (SSSR count). The van der Waals surface area contributed by atoms with Gasteiger partial charge in [-0.05, 0) is 31.5 Å². The second kappa shape index (κ2) is 6.95. The molecule has 4 heterocycles. The lowest BCUT2D eigenvalue weighted by Gasteiger charge is -2.06. The minimum Gasteiger partial charge on any atom is -0.495 e. The van der Waals surface area contributed by atoms with Gasteiger partial charge in [0, 0.05) is 24.2 Å². The quantitative estimate of drug-likeness (QED) is 0.571. The second-order valence-corrected chi connectivity index (χ2v) is 6.72. The van der Waals surface area contributed by atoms with Crippen molar-refractivity contribution in [3.8, 4) is 28.6 Å². The van der Waals surface area contributed by atoms with Gasteiger partial charge in [0.15, 0.2) is 0 Å². The minimum absolute atomic E-state index is 0.0724. The highest BCUT2D eigenvalue weighted by molar-refractivity contribution is 5.90. The van der Waals surface area contributed by atoms with Crippen molar-refractivity contribution in [2.45, 2.75) is 26.6 Å². The van der Waals surface area contributed by atoms with Crippen LogP contribution in [-0.2, 0) is 6.54 Å². The molecule has 0 aliphatic heterocycles. The maximum atomic E-state index is 13.2. The molecule has 0 aromatic carbocycles. The molecule has 1 N–H and O–H groups in total. The molecule has 4 aromatic rings. The largest absolute Gasteiger partial charge is 0.495 e. The molecular formula is C20H20FN5O2. The summed E-state index contributed by atoms with van der Waals surface area (Å²) in [4.78, 5) is 8.86. The Kier molecular flexibility index (Phi) is 4.46. The summed E-state index contributed by atoms with van der Waals surface area (Å²) in [5, 5.41) is 15.5. The zero-order chi connectivity index (χ0) is 19.8. The normalized spacial score (nSPS) is 12.4. The van der Waals surface area contributed by atoms with Gasteiger partial charge in [-0.1, -0.05) is 0 Å². The lowest BCUT2D eigenvalue weighted by atomic mass is 10.1. The van der Waals surface area contributed by atoms with E-state index in [0.717, 1.165) is 16.8 Å². The lowest BCUT2D eigenvalue weighted by molar-refractivity contribution is 0.309. The predicted octanol–water partition coefficient (Wildman–Crippen LogP) is 3.66. The summed E-state index contributed by atoms with van der Waals surface area (Å²) < 4.78 is 21.6. The summed E-state index contributed by atoms with van der Waals surface area (Å²) in [7, 11) is 1.59. The van der Waals surface area contributed by atoms with Crippen molar-refractivity contribution >= 4 is 10.9 Å². The van der Waals surface area contributed by atoms with Gasteiger partial charge >= 0.3 is 0 Å². The highest BCUT2D eigenvalue weighted by Gasteiger charge is 2.16. The fraction of sp³-hybridized carbons (Fsp3) is 0.250. The topological polar surface area (TPSA) is 78.0 Å². The summed E-state index contributed by atoms with van der Waals surface area (Å²) >= 11 is 0. The van der Waals surface area contributed by atoms with E-state index in [-0.39, 0.29) is 12.4 Å². The average molecular weight is 381 g/mol. The number of nitrogens with zero attached hydrogens (tertiary/aromatic N) is 5. The molecule has 4 aromatic heterocycles. The molecule has 0 saturated heterocycles. The van der Waals surface area contributed by atoms with Crippen molar-refractivity contribution in [3.63, 3.8) is 0 Å². The van der Waals surface area contributed by atoms with Crippen LogP contribution in [-0.4, -0.2) is 42.7 Å². The lowest BCUT2D eigenvalue weighted by Crippen LogP contribution is -2.07. The SMILES string of the molecule is COc1cncc(-c2cc(C)c3c(O)n(-c4cnn(C[C@@H](C)F)c4)cc3n2)c1. The molecule has 28 heavy (non-hydrogen) atoms. The number of halogens is 1.